The largest absolute Gasteiger partial charge is 0.497 e. The molecule has 0 spiro atoms. The number of ether oxygens (including phenoxy) is 2. The average molecular weight is 264 g/mol. The second-order valence-corrected chi connectivity index (χ2v) is 5.08. The van der Waals surface area contributed by atoms with Crippen LogP contribution in [0.5, 0.6) is 11.5 Å². The molecule has 106 valence electrons. The predicted molar refractivity (Wildman–Crippen MR) is 78.3 cm³/mol. The summed E-state index contributed by atoms with van der Waals surface area (Å²) in [6.45, 7) is 2.16. The van der Waals surface area contributed by atoms with Gasteiger partial charge in [0.2, 0.25) is 0 Å². The molecule has 1 aliphatic rings. The minimum Gasteiger partial charge on any atom is -0.497 e. The van der Waals surface area contributed by atoms with Gasteiger partial charge in [-0.25, -0.2) is 0 Å². The summed E-state index contributed by atoms with van der Waals surface area (Å²) in [7, 11) is 5.56. The lowest BCUT2D eigenvalue weighted by Crippen LogP contribution is -2.40. The van der Waals surface area contributed by atoms with Gasteiger partial charge in [-0.05, 0) is 38.6 Å². The Hall–Kier alpha value is -1.42. The van der Waals surface area contributed by atoms with Gasteiger partial charge >= 0.3 is 0 Å². The Bertz CT molecular complexity index is 409. The highest BCUT2D eigenvalue weighted by atomic mass is 16.5. The molecule has 4 heteroatoms. The van der Waals surface area contributed by atoms with Gasteiger partial charge in [-0.3, -0.25) is 0 Å². The van der Waals surface area contributed by atoms with Crippen LogP contribution in [0.15, 0.2) is 18.2 Å². The van der Waals surface area contributed by atoms with E-state index in [1.54, 1.807) is 14.2 Å². The van der Waals surface area contributed by atoms with E-state index in [-0.39, 0.29) is 0 Å². The van der Waals surface area contributed by atoms with Crippen molar-refractivity contribution >= 4 is 5.69 Å². The van der Waals surface area contributed by atoms with E-state index in [1.165, 1.54) is 25.8 Å². The molecular weight excluding hydrogens is 240 g/mol. The van der Waals surface area contributed by atoms with E-state index in [0.29, 0.717) is 6.04 Å². The van der Waals surface area contributed by atoms with Crippen LogP contribution >= 0.6 is 0 Å². The summed E-state index contributed by atoms with van der Waals surface area (Å²) in [4.78, 5) is 2.44. The quantitative estimate of drug-likeness (QED) is 0.886. The number of hydrogen-bond acceptors (Lipinski definition) is 4. The molecule has 1 fully saturated rings. The molecule has 0 aliphatic carbocycles. The van der Waals surface area contributed by atoms with Crippen molar-refractivity contribution in [2.24, 2.45) is 0 Å². The third kappa shape index (κ3) is 3.53. The lowest BCUT2D eigenvalue weighted by molar-refractivity contribution is 0.194. The summed E-state index contributed by atoms with van der Waals surface area (Å²) >= 11 is 0. The molecule has 4 nitrogen and oxygen atoms in total. The molecule has 1 aliphatic heterocycles. The van der Waals surface area contributed by atoms with E-state index in [9.17, 15) is 0 Å². The highest BCUT2D eigenvalue weighted by Crippen LogP contribution is 2.29. The van der Waals surface area contributed by atoms with Crippen molar-refractivity contribution in [3.05, 3.63) is 18.2 Å². The summed E-state index contributed by atoms with van der Waals surface area (Å²) in [5.41, 5.74) is 1.03. The van der Waals surface area contributed by atoms with Crippen molar-refractivity contribution in [3.8, 4) is 11.5 Å². The zero-order chi connectivity index (χ0) is 13.7. The number of piperidine rings is 1. The van der Waals surface area contributed by atoms with Gasteiger partial charge in [0.25, 0.3) is 0 Å². The van der Waals surface area contributed by atoms with Crippen LogP contribution in [0, 0.1) is 0 Å². The van der Waals surface area contributed by atoms with Gasteiger partial charge in [-0.2, -0.15) is 0 Å². The molecule has 2 rings (SSSR count). The Morgan fingerprint density at radius 1 is 1.26 bits per heavy atom. The van der Waals surface area contributed by atoms with Crippen LogP contribution in [0.4, 0.5) is 5.69 Å². The summed E-state index contributed by atoms with van der Waals surface area (Å²) in [6.07, 6.45) is 3.91. The Balaban J connectivity index is 1.98. The fourth-order valence-electron chi connectivity index (χ4n) is 2.57. The first kappa shape index (κ1) is 14.0. The maximum Gasteiger partial charge on any atom is 0.145 e. The maximum atomic E-state index is 5.40. The van der Waals surface area contributed by atoms with Gasteiger partial charge in [0.15, 0.2) is 0 Å². The molecule has 1 aromatic rings. The van der Waals surface area contributed by atoms with Gasteiger partial charge in [0.05, 0.1) is 19.9 Å². The van der Waals surface area contributed by atoms with Crippen LogP contribution in [0.1, 0.15) is 19.3 Å². The van der Waals surface area contributed by atoms with Crippen LogP contribution in [0.2, 0.25) is 0 Å². The number of rotatable bonds is 5. The van der Waals surface area contributed by atoms with Crippen molar-refractivity contribution < 1.29 is 9.47 Å². The van der Waals surface area contributed by atoms with Gasteiger partial charge in [0.1, 0.15) is 11.5 Å². The zero-order valence-electron chi connectivity index (χ0n) is 12.1. The number of nitrogens with zero attached hydrogens (tertiary/aromatic N) is 1. The normalized spacial score (nSPS) is 20.1. The number of hydrogen-bond donors (Lipinski definition) is 1. The van der Waals surface area contributed by atoms with Crippen LogP contribution in [-0.4, -0.2) is 45.3 Å². The number of likely N-dealkylation sites (N-methyl/N-ethyl adjacent to an activating group) is 1. The molecule has 0 amide bonds. The first-order valence-corrected chi connectivity index (χ1v) is 6.90. The second-order valence-electron chi connectivity index (χ2n) is 5.08. The van der Waals surface area contributed by atoms with Crippen molar-refractivity contribution in [1.82, 2.24) is 4.90 Å². The number of anilines is 1. The van der Waals surface area contributed by atoms with E-state index in [0.717, 1.165) is 23.7 Å². The van der Waals surface area contributed by atoms with Crippen molar-refractivity contribution in [1.29, 1.82) is 0 Å². The Kier molecular flexibility index (Phi) is 4.91. The minimum atomic E-state index is 0.612. The summed E-state index contributed by atoms with van der Waals surface area (Å²) < 4.78 is 10.6. The predicted octanol–water partition coefficient (Wildman–Crippen LogP) is 2.60. The monoisotopic (exact) mass is 264 g/mol. The zero-order valence-corrected chi connectivity index (χ0v) is 12.1. The molecule has 0 saturated carbocycles. The van der Waals surface area contributed by atoms with Crippen molar-refractivity contribution in [2.45, 2.75) is 25.3 Å². The molecule has 1 unspecified atom stereocenters. The van der Waals surface area contributed by atoms with E-state index < -0.39 is 0 Å². The third-order valence-corrected chi connectivity index (χ3v) is 3.86. The third-order valence-electron chi connectivity index (χ3n) is 3.86. The van der Waals surface area contributed by atoms with Crippen LogP contribution < -0.4 is 14.8 Å². The number of benzene rings is 1. The summed E-state index contributed by atoms with van der Waals surface area (Å²) in [5, 5.41) is 3.49. The van der Waals surface area contributed by atoms with Gasteiger partial charge in [-0.1, -0.05) is 6.42 Å². The Morgan fingerprint density at radius 2 is 2.11 bits per heavy atom. The fourth-order valence-corrected chi connectivity index (χ4v) is 2.57. The van der Waals surface area contributed by atoms with E-state index >= 15 is 0 Å². The van der Waals surface area contributed by atoms with E-state index in [2.05, 4.69) is 17.3 Å². The van der Waals surface area contributed by atoms with Crippen molar-refractivity contribution in [2.75, 3.05) is 39.7 Å². The first-order chi connectivity index (χ1) is 9.24. The van der Waals surface area contributed by atoms with Gasteiger partial charge in [0, 0.05) is 18.7 Å². The molecule has 19 heavy (non-hydrogen) atoms. The van der Waals surface area contributed by atoms with Crippen molar-refractivity contribution in [3.63, 3.8) is 0 Å². The lowest BCUT2D eigenvalue weighted by Gasteiger charge is -2.32. The molecule has 1 saturated heterocycles. The number of likely N-dealkylation sites (tertiary alicyclic amines) is 1. The molecule has 0 bridgehead atoms. The molecule has 1 N–H and O–H groups in total. The molecule has 0 radical (unpaired) electrons. The van der Waals surface area contributed by atoms with Crippen LogP contribution in [0.3, 0.4) is 0 Å². The van der Waals surface area contributed by atoms with Gasteiger partial charge < -0.3 is 19.7 Å². The minimum absolute atomic E-state index is 0.612. The average Bonchev–Trinajstić information content (AvgIpc) is 2.46. The van der Waals surface area contributed by atoms with E-state index in [4.69, 9.17) is 9.47 Å². The molecular formula is C15H24N2O2. The Labute approximate surface area is 115 Å². The maximum absolute atomic E-state index is 5.40. The smallest absolute Gasteiger partial charge is 0.145 e. The standard InChI is InChI=1S/C15H24N2O2/c1-17-9-5-4-6-12(17)11-16-14-8-7-13(18-2)10-15(14)19-3/h7-8,10,12,16H,4-6,9,11H2,1-3H3. The fraction of sp³-hybridized carbons (Fsp3) is 0.600. The lowest BCUT2D eigenvalue weighted by atomic mass is 10.0. The van der Waals surface area contributed by atoms with Gasteiger partial charge in [-0.15, -0.1) is 0 Å². The van der Waals surface area contributed by atoms with E-state index in [1.807, 2.05) is 18.2 Å². The number of methoxy groups -OCH3 is 2. The summed E-state index contributed by atoms with van der Waals surface area (Å²) in [6, 6.07) is 6.49. The first-order valence-electron chi connectivity index (χ1n) is 6.90. The molecule has 1 aromatic carbocycles. The number of nitrogens with one attached hydrogen (secondary N) is 1. The molecule has 0 aromatic heterocycles. The molecule has 1 atom stereocenters. The van der Waals surface area contributed by atoms with Crippen LogP contribution in [0.25, 0.3) is 0 Å². The SMILES string of the molecule is COc1ccc(NCC2CCCCN2C)c(OC)c1. The highest BCUT2D eigenvalue weighted by molar-refractivity contribution is 5.59. The Morgan fingerprint density at radius 3 is 2.79 bits per heavy atom. The topological polar surface area (TPSA) is 33.7 Å². The highest BCUT2D eigenvalue weighted by Gasteiger charge is 2.18. The summed E-state index contributed by atoms with van der Waals surface area (Å²) in [5.74, 6) is 1.65. The second kappa shape index (κ2) is 6.66. The van der Waals surface area contributed by atoms with Crippen LogP contribution in [-0.2, 0) is 0 Å². The molecule has 1 heterocycles.